The molecule has 38 heavy (non-hydrogen) atoms. The number of carbonyl (C=O) groups is 2. The van der Waals surface area contributed by atoms with Gasteiger partial charge in [0.25, 0.3) is 17.8 Å². The molecule has 0 aliphatic rings. The summed E-state index contributed by atoms with van der Waals surface area (Å²) in [6, 6.07) is 17.9. The Morgan fingerprint density at radius 1 is 0.921 bits per heavy atom. The zero-order chi connectivity index (χ0) is 27.3. The fourth-order valence-corrected chi connectivity index (χ4v) is 3.37. The normalized spacial score (nSPS) is 11.1. The number of anilines is 3. The number of aryl methyl sites for hydroxylation is 1. The van der Waals surface area contributed by atoms with Gasteiger partial charge in [-0.25, -0.2) is 0 Å². The molecule has 196 valence electrons. The summed E-state index contributed by atoms with van der Waals surface area (Å²) in [5, 5.41) is 9.40. The number of aromatic nitrogens is 3. The molecular weight excluding hydrogens is 505 g/mol. The van der Waals surface area contributed by atoms with Crippen LogP contribution in [-0.2, 0) is 0 Å². The van der Waals surface area contributed by atoms with Crippen molar-refractivity contribution in [3.8, 4) is 11.4 Å². The predicted molar refractivity (Wildman–Crippen MR) is 133 cm³/mol. The maximum atomic E-state index is 12.9. The monoisotopic (exact) mass is 526 g/mol. The van der Waals surface area contributed by atoms with Gasteiger partial charge in [0.2, 0.25) is 5.95 Å². The number of hydrogen-bond donors (Lipinski definition) is 5. The van der Waals surface area contributed by atoms with E-state index >= 15 is 0 Å². The number of amides is 2. The maximum Gasteiger partial charge on any atom is 0.573 e. The van der Waals surface area contributed by atoms with E-state index in [0.29, 0.717) is 11.3 Å². The number of ether oxygens (including phenoxy) is 1. The van der Waals surface area contributed by atoms with E-state index in [1.54, 1.807) is 43.3 Å². The topological polar surface area (TPSA) is 148 Å². The van der Waals surface area contributed by atoms with Gasteiger partial charge in [0.1, 0.15) is 5.75 Å². The summed E-state index contributed by atoms with van der Waals surface area (Å²) in [6.45, 7) is 1.77. The van der Waals surface area contributed by atoms with E-state index in [4.69, 9.17) is 5.84 Å². The van der Waals surface area contributed by atoms with Crippen LogP contribution in [0.3, 0.4) is 0 Å². The summed E-state index contributed by atoms with van der Waals surface area (Å²) in [5.41, 5.74) is 7.16. The van der Waals surface area contributed by atoms with Crippen LogP contribution < -0.4 is 32.2 Å². The van der Waals surface area contributed by atoms with Crippen LogP contribution in [0.2, 0.25) is 0 Å². The number of nitrogens with two attached hydrogens (primary N) is 1. The third-order valence-electron chi connectivity index (χ3n) is 5.13. The summed E-state index contributed by atoms with van der Waals surface area (Å²) in [7, 11) is 0. The largest absolute Gasteiger partial charge is 0.573 e. The number of nitrogens with one attached hydrogen (secondary N) is 4. The van der Waals surface area contributed by atoms with E-state index in [-0.39, 0.29) is 23.1 Å². The van der Waals surface area contributed by atoms with Gasteiger partial charge in [-0.05, 0) is 67.1 Å². The lowest BCUT2D eigenvalue weighted by Crippen LogP contribution is -2.28. The first-order chi connectivity index (χ1) is 18.1. The average Bonchev–Trinajstić information content (AvgIpc) is 3.26. The Morgan fingerprint density at radius 2 is 1.61 bits per heavy atom. The van der Waals surface area contributed by atoms with E-state index in [9.17, 15) is 22.8 Å². The smallest absolute Gasteiger partial charge is 0.406 e. The molecule has 0 unspecified atom stereocenters. The lowest BCUT2D eigenvalue weighted by atomic mass is 10.1. The highest BCUT2D eigenvalue weighted by atomic mass is 19.4. The molecule has 0 spiro atoms. The highest BCUT2D eigenvalue weighted by Gasteiger charge is 2.31. The van der Waals surface area contributed by atoms with Crippen molar-refractivity contribution in [2.75, 3.05) is 16.1 Å². The van der Waals surface area contributed by atoms with Gasteiger partial charge in [0.05, 0.1) is 11.4 Å². The number of hydrazine groups is 2. The third-order valence-corrected chi connectivity index (χ3v) is 5.13. The van der Waals surface area contributed by atoms with Crippen LogP contribution in [0.15, 0.2) is 72.8 Å². The Hall–Kier alpha value is -4.95. The van der Waals surface area contributed by atoms with Crippen molar-refractivity contribution in [2.45, 2.75) is 13.3 Å². The zero-order valence-electron chi connectivity index (χ0n) is 19.7. The molecule has 0 aliphatic heterocycles. The highest BCUT2D eigenvalue weighted by Crippen LogP contribution is 2.25. The first-order valence-corrected chi connectivity index (χ1v) is 11.0. The first-order valence-electron chi connectivity index (χ1n) is 11.0. The van der Waals surface area contributed by atoms with Crippen molar-refractivity contribution in [3.63, 3.8) is 0 Å². The van der Waals surface area contributed by atoms with Crippen LogP contribution in [0, 0.1) is 6.92 Å². The molecule has 11 nitrogen and oxygen atoms in total. The molecule has 0 atom stereocenters. The lowest BCUT2D eigenvalue weighted by Gasteiger charge is -2.10. The average molecular weight is 526 g/mol. The van der Waals surface area contributed by atoms with E-state index in [1.165, 1.54) is 24.3 Å². The fraction of sp³-hybridized carbons (Fsp3) is 0.0833. The number of carbonyl (C=O) groups excluding carboxylic acids is 2. The van der Waals surface area contributed by atoms with Gasteiger partial charge in [-0.2, -0.15) is 15.2 Å². The molecule has 4 aromatic rings. The number of nitrogens with zero attached hydrogens (tertiary/aromatic N) is 3. The number of alkyl halides is 3. The highest BCUT2D eigenvalue weighted by molar-refractivity contribution is 6.05. The van der Waals surface area contributed by atoms with Crippen molar-refractivity contribution < 1.29 is 27.5 Å². The second-order valence-electron chi connectivity index (χ2n) is 7.78. The predicted octanol–water partition coefficient (Wildman–Crippen LogP) is 3.77. The lowest BCUT2D eigenvalue weighted by molar-refractivity contribution is -0.274. The molecule has 4 rings (SSSR count). The molecule has 0 saturated carbocycles. The molecule has 6 N–H and O–H groups in total. The number of benzene rings is 3. The van der Waals surface area contributed by atoms with Gasteiger partial charge in [-0.3, -0.25) is 26.1 Å². The van der Waals surface area contributed by atoms with Gasteiger partial charge in [0, 0.05) is 11.1 Å². The maximum absolute atomic E-state index is 12.9. The van der Waals surface area contributed by atoms with Crippen molar-refractivity contribution in [3.05, 3.63) is 89.5 Å². The third kappa shape index (κ3) is 6.43. The molecule has 1 heterocycles. The summed E-state index contributed by atoms with van der Waals surface area (Å²) in [6.07, 6.45) is -4.85. The van der Waals surface area contributed by atoms with Crippen LogP contribution in [0.25, 0.3) is 5.69 Å². The molecule has 0 radical (unpaired) electrons. The van der Waals surface area contributed by atoms with Gasteiger partial charge >= 0.3 is 6.36 Å². The Labute approximate surface area is 213 Å². The van der Waals surface area contributed by atoms with Crippen LogP contribution in [-0.4, -0.2) is 32.9 Å². The van der Waals surface area contributed by atoms with Crippen LogP contribution in [0.1, 0.15) is 26.3 Å². The molecular formula is C24H21F3N8O3. The van der Waals surface area contributed by atoms with Crippen LogP contribution in [0.4, 0.5) is 30.8 Å². The van der Waals surface area contributed by atoms with E-state index in [2.05, 4.69) is 36.4 Å². The SMILES string of the molecule is Cc1ccccc1C(=O)Nc1nc(NC(=O)c2ccc(NNN)cc2)n(-c2ccc(OC(F)(F)F)cc2)n1. The zero-order valence-corrected chi connectivity index (χ0v) is 19.7. The number of halogens is 3. The van der Waals surface area contributed by atoms with Crippen molar-refractivity contribution in [1.82, 2.24) is 20.3 Å². The van der Waals surface area contributed by atoms with E-state index in [0.717, 1.165) is 22.4 Å². The molecule has 3 aromatic carbocycles. The first kappa shape index (κ1) is 26.1. The molecule has 0 saturated heterocycles. The molecule has 14 heteroatoms. The molecule has 0 bridgehead atoms. The number of rotatable bonds is 8. The van der Waals surface area contributed by atoms with Gasteiger partial charge < -0.3 is 10.2 Å². The second kappa shape index (κ2) is 11.0. The molecule has 0 fully saturated rings. The Bertz CT molecular complexity index is 1440. The van der Waals surface area contributed by atoms with Gasteiger partial charge in [-0.1, -0.05) is 18.2 Å². The van der Waals surface area contributed by atoms with E-state index < -0.39 is 23.9 Å². The Morgan fingerprint density at radius 3 is 2.24 bits per heavy atom. The minimum atomic E-state index is -4.85. The van der Waals surface area contributed by atoms with Gasteiger partial charge in [-0.15, -0.1) is 18.3 Å². The summed E-state index contributed by atoms with van der Waals surface area (Å²) >= 11 is 0. The van der Waals surface area contributed by atoms with Crippen molar-refractivity contribution in [2.24, 2.45) is 5.84 Å². The summed E-state index contributed by atoms with van der Waals surface area (Å²) < 4.78 is 42.7. The minimum absolute atomic E-state index is 0.0922. The second-order valence-corrected chi connectivity index (χ2v) is 7.78. The fourth-order valence-electron chi connectivity index (χ4n) is 3.37. The molecule has 0 aliphatic carbocycles. The molecule has 1 aromatic heterocycles. The number of hydrogen-bond acceptors (Lipinski definition) is 8. The van der Waals surface area contributed by atoms with Crippen LogP contribution >= 0.6 is 0 Å². The minimum Gasteiger partial charge on any atom is -0.406 e. The summed E-state index contributed by atoms with van der Waals surface area (Å²) in [4.78, 5) is 29.9. The standard InChI is InChI=1S/C24H21F3N8O3/c1-14-4-2-3-5-19(14)21(37)29-22-31-23(30-20(36)15-6-8-16(9-7-15)32-34-28)35(33-22)17-10-12-18(13-11-17)38-24(25,26)27/h2-13,32,34H,28H2,1H3,(H2,29,30,31,33,36,37). The summed E-state index contributed by atoms with van der Waals surface area (Å²) in [5.74, 6) is 3.49. The van der Waals surface area contributed by atoms with E-state index in [1.807, 2.05) is 0 Å². The van der Waals surface area contributed by atoms with Crippen LogP contribution in [0.5, 0.6) is 5.75 Å². The van der Waals surface area contributed by atoms with Crippen molar-refractivity contribution >= 4 is 29.4 Å². The Balaban J connectivity index is 1.63. The van der Waals surface area contributed by atoms with Crippen molar-refractivity contribution in [1.29, 1.82) is 0 Å². The Kier molecular flexibility index (Phi) is 7.55. The molecule has 2 amide bonds. The quantitative estimate of drug-likeness (QED) is 0.172. The van der Waals surface area contributed by atoms with Gasteiger partial charge in [0.15, 0.2) is 0 Å².